The number of fused-ring (bicyclic) bond motifs is 3. The van der Waals surface area contributed by atoms with E-state index in [1.54, 1.807) is 17.0 Å². The second-order valence-corrected chi connectivity index (χ2v) is 6.39. The Morgan fingerprint density at radius 1 is 1.22 bits per heavy atom. The van der Waals surface area contributed by atoms with Gasteiger partial charge in [0.15, 0.2) is 0 Å². The summed E-state index contributed by atoms with van der Waals surface area (Å²) in [5.74, 6) is 6.28. The first-order valence-corrected chi connectivity index (χ1v) is 8.82. The molecule has 6 heteroatoms. The van der Waals surface area contributed by atoms with Crippen molar-refractivity contribution in [3.63, 3.8) is 0 Å². The lowest BCUT2D eigenvalue weighted by molar-refractivity contribution is 0.654. The quantitative estimate of drug-likeness (QED) is 0.551. The van der Waals surface area contributed by atoms with Crippen molar-refractivity contribution in [1.82, 2.24) is 19.7 Å². The molecule has 0 unspecified atom stereocenters. The Bertz CT molecular complexity index is 1240. The highest BCUT2D eigenvalue weighted by Gasteiger charge is 2.15. The molecule has 4 rings (SSSR count). The Morgan fingerprint density at radius 2 is 2.07 bits per heavy atom. The van der Waals surface area contributed by atoms with Crippen molar-refractivity contribution < 1.29 is 0 Å². The molecule has 0 saturated heterocycles. The van der Waals surface area contributed by atoms with Crippen LogP contribution in [0.1, 0.15) is 23.2 Å². The summed E-state index contributed by atoms with van der Waals surface area (Å²) in [4.78, 5) is 17.0. The lowest BCUT2D eigenvalue weighted by Gasteiger charge is -2.11. The molecule has 0 radical (unpaired) electrons. The summed E-state index contributed by atoms with van der Waals surface area (Å²) in [6.45, 7) is 2.97. The molecule has 0 bridgehead atoms. The van der Waals surface area contributed by atoms with Gasteiger partial charge in [-0.05, 0) is 50.2 Å². The van der Waals surface area contributed by atoms with Gasteiger partial charge in [-0.1, -0.05) is 11.8 Å². The van der Waals surface area contributed by atoms with Gasteiger partial charge in [-0.3, -0.25) is 14.9 Å². The van der Waals surface area contributed by atoms with Crippen LogP contribution in [0.3, 0.4) is 0 Å². The van der Waals surface area contributed by atoms with Crippen LogP contribution in [-0.2, 0) is 6.54 Å². The van der Waals surface area contributed by atoms with Crippen LogP contribution >= 0.6 is 0 Å². The van der Waals surface area contributed by atoms with Crippen molar-refractivity contribution in [2.45, 2.75) is 19.9 Å². The van der Waals surface area contributed by atoms with Crippen molar-refractivity contribution in [2.75, 3.05) is 6.54 Å². The number of H-pyrrole nitrogens is 1. The van der Waals surface area contributed by atoms with E-state index in [0.717, 1.165) is 34.1 Å². The van der Waals surface area contributed by atoms with Crippen molar-refractivity contribution in [1.29, 1.82) is 0 Å². The normalized spacial score (nSPS) is 10.9. The lowest BCUT2D eigenvalue weighted by Crippen LogP contribution is -2.22. The lowest BCUT2D eigenvalue weighted by atomic mass is 10.1. The molecule has 0 amide bonds. The van der Waals surface area contributed by atoms with Crippen LogP contribution in [0.2, 0.25) is 0 Å². The highest BCUT2D eigenvalue weighted by Crippen LogP contribution is 2.24. The van der Waals surface area contributed by atoms with Gasteiger partial charge in [0.05, 0.1) is 10.9 Å². The number of aromatic nitrogens is 4. The molecule has 0 aliphatic carbocycles. The van der Waals surface area contributed by atoms with Crippen LogP contribution in [0.5, 0.6) is 0 Å². The Morgan fingerprint density at radius 3 is 2.85 bits per heavy atom. The van der Waals surface area contributed by atoms with E-state index >= 15 is 0 Å². The fourth-order valence-electron chi connectivity index (χ4n) is 3.22. The van der Waals surface area contributed by atoms with Gasteiger partial charge in [0, 0.05) is 41.1 Å². The van der Waals surface area contributed by atoms with Gasteiger partial charge in [-0.15, -0.1) is 0 Å². The third-order valence-electron chi connectivity index (χ3n) is 4.55. The summed E-state index contributed by atoms with van der Waals surface area (Å²) < 4.78 is 1.78. The number of pyridine rings is 2. The average molecular weight is 357 g/mol. The number of benzene rings is 1. The van der Waals surface area contributed by atoms with E-state index in [4.69, 9.17) is 5.73 Å². The summed E-state index contributed by atoms with van der Waals surface area (Å²) in [6.07, 6.45) is 4.19. The van der Waals surface area contributed by atoms with Crippen molar-refractivity contribution in [3.8, 4) is 11.8 Å². The Labute approximate surface area is 156 Å². The fourth-order valence-corrected chi connectivity index (χ4v) is 3.22. The summed E-state index contributed by atoms with van der Waals surface area (Å²) in [6, 6.07) is 9.62. The molecule has 0 atom stereocenters. The van der Waals surface area contributed by atoms with Crippen LogP contribution in [0.15, 0.2) is 47.5 Å². The second-order valence-electron chi connectivity index (χ2n) is 6.39. The molecule has 0 spiro atoms. The smallest absolute Gasteiger partial charge is 0.262 e. The maximum absolute atomic E-state index is 13.0. The molecule has 27 heavy (non-hydrogen) atoms. The van der Waals surface area contributed by atoms with E-state index < -0.39 is 0 Å². The molecular formula is C21H19N5O. The Kier molecular flexibility index (Phi) is 4.45. The molecule has 3 aromatic heterocycles. The minimum absolute atomic E-state index is 0.0357. The molecule has 6 nitrogen and oxygen atoms in total. The van der Waals surface area contributed by atoms with Crippen LogP contribution in [0.4, 0.5) is 0 Å². The molecule has 4 aromatic rings. The van der Waals surface area contributed by atoms with Gasteiger partial charge in [0.1, 0.15) is 5.52 Å². The van der Waals surface area contributed by atoms with Crippen LogP contribution in [-0.4, -0.2) is 26.3 Å². The average Bonchev–Trinajstić information content (AvgIpc) is 3.09. The van der Waals surface area contributed by atoms with Gasteiger partial charge >= 0.3 is 0 Å². The van der Waals surface area contributed by atoms with Crippen LogP contribution < -0.4 is 11.3 Å². The number of nitrogens with two attached hydrogens (primary N) is 1. The largest absolute Gasteiger partial charge is 0.330 e. The van der Waals surface area contributed by atoms with Gasteiger partial charge in [-0.25, -0.2) is 0 Å². The second kappa shape index (κ2) is 7.06. The summed E-state index contributed by atoms with van der Waals surface area (Å²) >= 11 is 0. The van der Waals surface area contributed by atoms with E-state index in [0.29, 0.717) is 24.0 Å². The van der Waals surface area contributed by atoms with Crippen LogP contribution in [0.25, 0.3) is 21.8 Å². The van der Waals surface area contributed by atoms with Gasteiger partial charge in [-0.2, -0.15) is 5.10 Å². The minimum Gasteiger partial charge on any atom is -0.330 e. The van der Waals surface area contributed by atoms with E-state index in [1.807, 2.05) is 37.3 Å². The summed E-state index contributed by atoms with van der Waals surface area (Å²) in [5, 5.41) is 8.83. The molecule has 0 aliphatic heterocycles. The van der Waals surface area contributed by atoms with Gasteiger partial charge in [0.2, 0.25) is 0 Å². The first-order chi connectivity index (χ1) is 13.2. The monoisotopic (exact) mass is 357 g/mol. The van der Waals surface area contributed by atoms with E-state index in [2.05, 4.69) is 27.0 Å². The summed E-state index contributed by atoms with van der Waals surface area (Å²) in [5.41, 5.74) is 9.63. The predicted molar refractivity (Wildman–Crippen MR) is 106 cm³/mol. The van der Waals surface area contributed by atoms with Gasteiger partial charge < -0.3 is 10.3 Å². The fraction of sp³-hybridized carbons (Fsp3) is 0.190. The first kappa shape index (κ1) is 17.0. The van der Waals surface area contributed by atoms with Crippen molar-refractivity contribution in [3.05, 3.63) is 69.9 Å². The Balaban J connectivity index is 1.93. The predicted octanol–water partition coefficient (Wildman–Crippen LogP) is 2.33. The number of nitrogens with one attached hydrogen (secondary N) is 1. The zero-order chi connectivity index (χ0) is 18.8. The maximum Gasteiger partial charge on any atom is 0.262 e. The molecule has 3 N–H and O–H groups in total. The standard InChI is InChI=1S/C21H19N5O/c1-14-19-20(25-24-14)17-12-15(5-6-16-4-2-10-23-13-16)7-8-18(17)26(21(19)27)11-3-9-22/h2,4,7-8,10,12-13H,3,9,11,22H2,1H3,(H,24,25). The van der Waals surface area contributed by atoms with Gasteiger partial charge in [0.25, 0.3) is 5.56 Å². The van der Waals surface area contributed by atoms with Crippen LogP contribution in [0, 0.1) is 18.8 Å². The third-order valence-corrected chi connectivity index (χ3v) is 4.55. The molecule has 134 valence electrons. The zero-order valence-corrected chi connectivity index (χ0v) is 15.0. The highest BCUT2D eigenvalue weighted by atomic mass is 16.1. The number of nitrogens with zero attached hydrogens (tertiary/aromatic N) is 3. The number of aromatic amines is 1. The first-order valence-electron chi connectivity index (χ1n) is 8.82. The highest BCUT2D eigenvalue weighted by molar-refractivity contribution is 6.04. The summed E-state index contributed by atoms with van der Waals surface area (Å²) in [7, 11) is 0. The van der Waals surface area contributed by atoms with E-state index in [9.17, 15) is 4.79 Å². The zero-order valence-electron chi connectivity index (χ0n) is 15.0. The SMILES string of the molecule is Cc1[nH]nc2c1c(=O)n(CCCN)c1ccc(C#Cc3cccnc3)cc21. The molecule has 0 aliphatic rings. The molecule has 0 fully saturated rings. The number of hydrogen-bond donors (Lipinski definition) is 2. The topological polar surface area (TPSA) is 89.6 Å². The molecule has 3 heterocycles. The molecule has 1 aromatic carbocycles. The molecule has 0 saturated carbocycles. The maximum atomic E-state index is 13.0. The van der Waals surface area contributed by atoms with Crippen molar-refractivity contribution >= 4 is 21.8 Å². The Hall–Kier alpha value is -3.43. The number of aryl methyl sites for hydroxylation is 2. The van der Waals surface area contributed by atoms with Crippen molar-refractivity contribution in [2.24, 2.45) is 5.73 Å². The number of rotatable bonds is 3. The third kappa shape index (κ3) is 3.09. The molecular weight excluding hydrogens is 338 g/mol. The van der Waals surface area contributed by atoms with E-state index in [-0.39, 0.29) is 5.56 Å². The van der Waals surface area contributed by atoms with E-state index in [1.165, 1.54) is 0 Å². The minimum atomic E-state index is -0.0357. The number of hydrogen-bond acceptors (Lipinski definition) is 4.